The van der Waals surface area contributed by atoms with Gasteiger partial charge in [-0.25, -0.2) is 9.97 Å². The monoisotopic (exact) mass is 323 g/mol. The van der Waals surface area contributed by atoms with E-state index in [-0.39, 0.29) is 11.8 Å². The maximum absolute atomic E-state index is 12.3. The van der Waals surface area contributed by atoms with Crippen molar-refractivity contribution < 1.29 is 4.79 Å². The van der Waals surface area contributed by atoms with Crippen LogP contribution in [0.5, 0.6) is 0 Å². The highest BCUT2D eigenvalue weighted by atomic mass is 32.1. The number of nitrogens with one attached hydrogen (secondary N) is 1. The molecular formula is C18H17N3OS. The predicted molar refractivity (Wildman–Crippen MR) is 93.4 cm³/mol. The molecule has 0 radical (unpaired) electrons. The van der Waals surface area contributed by atoms with Crippen LogP contribution in [0.25, 0.3) is 20.9 Å². The van der Waals surface area contributed by atoms with E-state index in [1.807, 2.05) is 36.4 Å². The first-order valence-electron chi connectivity index (χ1n) is 7.92. The fourth-order valence-corrected chi connectivity index (χ4v) is 3.96. The van der Waals surface area contributed by atoms with Gasteiger partial charge in [-0.15, -0.1) is 0 Å². The van der Waals surface area contributed by atoms with E-state index in [4.69, 9.17) is 0 Å². The number of hydrogen-bond acceptors (Lipinski definition) is 4. The van der Waals surface area contributed by atoms with E-state index in [0.717, 1.165) is 52.3 Å². The highest BCUT2D eigenvalue weighted by molar-refractivity contribution is 7.21. The zero-order chi connectivity index (χ0) is 15.6. The second-order valence-electron chi connectivity index (χ2n) is 5.90. The summed E-state index contributed by atoms with van der Waals surface area (Å²) in [6, 6.07) is 11.8. The minimum Gasteiger partial charge on any atom is -0.326 e. The highest BCUT2D eigenvalue weighted by Crippen LogP contribution is 2.31. The molecule has 1 fully saturated rings. The lowest BCUT2D eigenvalue weighted by Gasteiger charge is -2.10. The number of carbonyl (C=O) groups is 1. The summed E-state index contributed by atoms with van der Waals surface area (Å²) in [6.45, 7) is 0. The second kappa shape index (κ2) is 6.08. The normalized spacial score (nSPS) is 15.1. The van der Waals surface area contributed by atoms with Crippen LogP contribution in [-0.4, -0.2) is 15.9 Å². The molecule has 4 rings (SSSR count). The third-order valence-corrected chi connectivity index (χ3v) is 5.30. The molecule has 2 heterocycles. The molecule has 23 heavy (non-hydrogen) atoms. The zero-order valence-corrected chi connectivity index (χ0v) is 13.5. The average molecular weight is 323 g/mol. The van der Waals surface area contributed by atoms with Crippen LogP contribution in [-0.2, 0) is 4.79 Å². The van der Waals surface area contributed by atoms with Crippen LogP contribution in [0.2, 0.25) is 0 Å². The molecule has 0 bridgehead atoms. The lowest BCUT2D eigenvalue weighted by atomic mass is 10.1. The van der Waals surface area contributed by atoms with E-state index in [9.17, 15) is 4.79 Å². The van der Waals surface area contributed by atoms with E-state index < -0.39 is 0 Å². The molecule has 1 aliphatic carbocycles. The number of amides is 1. The molecule has 0 unspecified atom stereocenters. The number of nitrogens with zero attached hydrogens (tertiary/aromatic N) is 2. The van der Waals surface area contributed by atoms with Gasteiger partial charge in [0, 0.05) is 23.4 Å². The number of hydrogen-bond donors (Lipinski definition) is 1. The molecular weight excluding hydrogens is 306 g/mol. The number of carbonyl (C=O) groups excluding carboxylic acids is 1. The van der Waals surface area contributed by atoms with Gasteiger partial charge in [0.25, 0.3) is 0 Å². The molecule has 5 heteroatoms. The van der Waals surface area contributed by atoms with Gasteiger partial charge >= 0.3 is 0 Å². The Morgan fingerprint density at radius 1 is 1.17 bits per heavy atom. The zero-order valence-electron chi connectivity index (χ0n) is 12.7. The van der Waals surface area contributed by atoms with Crippen molar-refractivity contribution >= 4 is 33.3 Å². The van der Waals surface area contributed by atoms with Crippen molar-refractivity contribution in [2.24, 2.45) is 5.92 Å². The van der Waals surface area contributed by atoms with Gasteiger partial charge in [-0.05, 0) is 37.1 Å². The van der Waals surface area contributed by atoms with Gasteiger partial charge < -0.3 is 5.32 Å². The van der Waals surface area contributed by atoms with Crippen LogP contribution in [0.3, 0.4) is 0 Å². The first-order chi connectivity index (χ1) is 11.3. The van der Waals surface area contributed by atoms with Gasteiger partial charge in [0.2, 0.25) is 5.91 Å². The highest BCUT2D eigenvalue weighted by Gasteiger charge is 2.22. The summed E-state index contributed by atoms with van der Waals surface area (Å²) >= 11 is 1.57. The molecule has 1 aromatic carbocycles. The van der Waals surface area contributed by atoms with Crippen molar-refractivity contribution in [3.8, 4) is 10.6 Å². The van der Waals surface area contributed by atoms with Crippen molar-refractivity contribution in [2.75, 3.05) is 5.32 Å². The molecule has 116 valence electrons. The molecule has 1 saturated carbocycles. The molecule has 0 atom stereocenters. The van der Waals surface area contributed by atoms with E-state index in [0.29, 0.717) is 0 Å². The van der Waals surface area contributed by atoms with Crippen molar-refractivity contribution in [3.05, 3.63) is 42.6 Å². The standard InChI is InChI=1S/C18H17N3OS/c22-16(12-5-1-2-6-12)20-14-8-3-7-13(11-14)17-21-15-9-4-10-19-18(15)23-17/h3-4,7-12H,1-2,5-6H2,(H,20,22). The molecule has 3 aromatic rings. The molecule has 1 aliphatic rings. The van der Waals surface area contributed by atoms with Gasteiger partial charge in [0.15, 0.2) is 0 Å². The van der Waals surface area contributed by atoms with E-state index in [2.05, 4.69) is 15.3 Å². The number of anilines is 1. The molecule has 2 aromatic heterocycles. The molecule has 4 nitrogen and oxygen atoms in total. The topological polar surface area (TPSA) is 54.9 Å². The predicted octanol–water partition coefficient (Wildman–Crippen LogP) is 4.49. The quantitative estimate of drug-likeness (QED) is 0.773. The summed E-state index contributed by atoms with van der Waals surface area (Å²) in [5, 5.41) is 3.98. The van der Waals surface area contributed by atoms with Crippen LogP contribution in [0.1, 0.15) is 25.7 Å². The molecule has 1 N–H and O–H groups in total. The Morgan fingerprint density at radius 3 is 2.87 bits per heavy atom. The fraction of sp³-hybridized carbons (Fsp3) is 0.278. The fourth-order valence-electron chi connectivity index (χ4n) is 3.06. The summed E-state index contributed by atoms with van der Waals surface area (Å²) in [5.41, 5.74) is 2.76. The van der Waals surface area contributed by atoms with Gasteiger partial charge in [-0.3, -0.25) is 4.79 Å². The van der Waals surface area contributed by atoms with Crippen molar-refractivity contribution in [1.29, 1.82) is 0 Å². The van der Waals surface area contributed by atoms with E-state index in [1.54, 1.807) is 17.5 Å². The summed E-state index contributed by atoms with van der Waals surface area (Å²) < 4.78 is 0. The number of rotatable bonds is 3. The van der Waals surface area contributed by atoms with Crippen molar-refractivity contribution in [2.45, 2.75) is 25.7 Å². The molecule has 0 spiro atoms. The number of thiazole rings is 1. The van der Waals surface area contributed by atoms with Gasteiger partial charge in [0.1, 0.15) is 15.4 Å². The summed E-state index contributed by atoms with van der Waals surface area (Å²) in [7, 11) is 0. The minimum atomic E-state index is 0.144. The van der Waals surface area contributed by atoms with Gasteiger partial charge in [-0.2, -0.15) is 0 Å². The summed E-state index contributed by atoms with van der Waals surface area (Å²) in [5.74, 6) is 0.316. The Hall–Kier alpha value is -2.27. The second-order valence-corrected chi connectivity index (χ2v) is 6.88. The number of pyridine rings is 1. The van der Waals surface area contributed by atoms with Crippen LogP contribution in [0.4, 0.5) is 5.69 Å². The van der Waals surface area contributed by atoms with E-state index >= 15 is 0 Å². The Bertz CT molecular complexity index is 819. The molecule has 0 aliphatic heterocycles. The van der Waals surface area contributed by atoms with E-state index in [1.165, 1.54) is 0 Å². The minimum absolute atomic E-state index is 0.144. The average Bonchev–Trinajstić information content (AvgIpc) is 3.24. The summed E-state index contributed by atoms with van der Waals surface area (Å²) in [6.07, 6.45) is 6.13. The largest absolute Gasteiger partial charge is 0.326 e. The van der Waals surface area contributed by atoms with Crippen LogP contribution >= 0.6 is 11.3 Å². The molecule has 0 saturated heterocycles. The van der Waals surface area contributed by atoms with Crippen molar-refractivity contribution in [1.82, 2.24) is 9.97 Å². The first kappa shape index (κ1) is 14.3. The van der Waals surface area contributed by atoms with Gasteiger partial charge in [0.05, 0.1) is 0 Å². The van der Waals surface area contributed by atoms with Crippen LogP contribution < -0.4 is 5.32 Å². The lowest BCUT2D eigenvalue weighted by molar-refractivity contribution is -0.119. The first-order valence-corrected chi connectivity index (χ1v) is 8.74. The van der Waals surface area contributed by atoms with Crippen LogP contribution in [0.15, 0.2) is 42.6 Å². The third kappa shape index (κ3) is 2.97. The third-order valence-electron chi connectivity index (χ3n) is 4.27. The Morgan fingerprint density at radius 2 is 2.04 bits per heavy atom. The SMILES string of the molecule is O=C(Nc1cccc(-c2nc3cccnc3s2)c1)C1CCCC1. The maximum atomic E-state index is 12.3. The molecule has 1 amide bonds. The maximum Gasteiger partial charge on any atom is 0.227 e. The van der Waals surface area contributed by atoms with Gasteiger partial charge in [-0.1, -0.05) is 36.3 Å². The number of benzene rings is 1. The Balaban J connectivity index is 1.59. The lowest BCUT2D eigenvalue weighted by Crippen LogP contribution is -2.20. The Kier molecular flexibility index (Phi) is 3.79. The Labute approximate surface area is 138 Å². The number of aromatic nitrogens is 2. The smallest absolute Gasteiger partial charge is 0.227 e. The summed E-state index contributed by atoms with van der Waals surface area (Å²) in [4.78, 5) is 22.2. The number of fused-ring (bicyclic) bond motifs is 1. The van der Waals surface area contributed by atoms with Crippen LogP contribution in [0, 0.1) is 5.92 Å². The van der Waals surface area contributed by atoms with Crippen molar-refractivity contribution in [3.63, 3.8) is 0 Å².